The summed E-state index contributed by atoms with van der Waals surface area (Å²) in [7, 11) is 1.42. The first-order valence-electron chi connectivity index (χ1n) is 5.81. The van der Waals surface area contributed by atoms with Crippen LogP contribution >= 0.6 is 11.3 Å². The van der Waals surface area contributed by atoms with Gasteiger partial charge in [-0.1, -0.05) is 6.92 Å². The van der Waals surface area contributed by atoms with E-state index in [9.17, 15) is 4.79 Å². The Kier molecular flexibility index (Phi) is 5.58. The predicted octanol–water partition coefficient (Wildman–Crippen LogP) is 2.09. The van der Waals surface area contributed by atoms with E-state index in [1.807, 2.05) is 0 Å². The first kappa shape index (κ1) is 14.1. The summed E-state index contributed by atoms with van der Waals surface area (Å²) in [6, 6.07) is 0.292. The Labute approximate surface area is 107 Å². The second kappa shape index (κ2) is 6.71. The molecule has 4 nitrogen and oxygen atoms in total. The number of nitrogens with zero attached hydrogens (tertiary/aromatic N) is 2. The second-order valence-electron chi connectivity index (χ2n) is 4.16. The highest BCUT2D eigenvalue weighted by Crippen LogP contribution is 2.13. The topological polar surface area (TPSA) is 42.4 Å². The van der Waals surface area contributed by atoms with Gasteiger partial charge in [0.25, 0.3) is 0 Å². The summed E-state index contributed by atoms with van der Waals surface area (Å²) in [5.74, 6) is -0.204. The van der Waals surface area contributed by atoms with Crippen molar-refractivity contribution in [1.82, 2.24) is 9.88 Å². The van der Waals surface area contributed by atoms with E-state index < -0.39 is 0 Å². The largest absolute Gasteiger partial charge is 0.468 e. The van der Waals surface area contributed by atoms with Crippen molar-refractivity contribution >= 4 is 17.3 Å². The zero-order valence-electron chi connectivity index (χ0n) is 10.9. The minimum absolute atomic E-state index is 0.204. The van der Waals surface area contributed by atoms with Crippen molar-refractivity contribution in [3.8, 4) is 0 Å². The minimum Gasteiger partial charge on any atom is -0.468 e. The Hall–Kier alpha value is -0.940. The number of hydrogen-bond donors (Lipinski definition) is 0. The van der Waals surface area contributed by atoms with Crippen LogP contribution in [0.5, 0.6) is 0 Å². The van der Waals surface area contributed by atoms with Crippen LogP contribution in [0.3, 0.4) is 0 Å². The average Bonchev–Trinajstić information content (AvgIpc) is 2.75. The van der Waals surface area contributed by atoms with E-state index in [0.29, 0.717) is 19.1 Å². The number of rotatable bonds is 6. The van der Waals surface area contributed by atoms with Gasteiger partial charge in [-0.05, 0) is 20.3 Å². The molecule has 0 bridgehead atoms. The maximum atomic E-state index is 11.3. The minimum atomic E-state index is -0.204. The third-order valence-corrected chi connectivity index (χ3v) is 3.60. The van der Waals surface area contributed by atoms with E-state index in [1.54, 1.807) is 11.3 Å². The van der Waals surface area contributed by atoms with Crippen molar-refractivity contribution in [3.63, 3.8) is 0 Å². The lowest BCUT2D eigenvalue weighted by molar-refractivity contribution is -0.142. The molecule has 0 N–H and O–H groups in total. The van der Waals surface area contributed by atoms with Gasteiger partial charge >= 0.3 is 5.97 Å². The second-order valence-corrected chi connectivity index (χ2v) is 5.10. The molecule has 0 amide bonds. The number of hydrogen-bond acceptors (Lipinski definition) is 5. The zero-order chi connectivity index (χ0) is 12.8. The van der Waals surface area contributed by atoms with Crippen molar-refractivity contribution in [2.24, 2.45) is 0 Å². The summed E-state index contributed by atoms with van der Waals surface area (Å²) in [6.45, 7) is 7.24. The maximum Gasteiger partial charge on any atom is 0.319 e. The number of esters is 1. The molecule has 5 heteroatoms. The van der Waals surface area contributed by atoms with Crippen LogP contribution in [-0.4, -0.2) is 35.5 Å². The standard InChI is InChI=1S/C12H20N2O2S/c1-5-11-13-10(8-17-11)6-14(9(2)3)7-12(15)16-4/h8-9H,5-7H2,1-4H3. The molecule has 17 heavy (non-hydrogen) atoms. The smallest absolute Gasteiger partial charge is 0.319 e. The molecule has 0 unspecified atom stereocenters. The third kappa shape index (κ3) is 4.44. The molecule has 1 aromatic rings. The van der Waals surface area contributed by atoms with E-state index in [4.69, 9.17) is 4.74 Å². The van der Waals surface area contributed by atoms with Gasteiger partial charge < -0.3 is 4.74 Å². The Morgan fingerprint density at radius 3 is 2.76 bits per heavy atom. The molecule has 1 aromatic heterocycles. The van der Waals surface area contributed by atoms with Gasteiger partial charge in [0.1, 0.15) is 0 Å². The molecular formula is C12H20N2O2S. The van der Waals surface area contributed by atoms with Gasteiger partial charge in [0.05, 0.1) is 24.4 Å². The summed E-state index contributed by atoms with van der Waals surface area (Å²) >= 11 is 1.67. The summed E-state index contributed by atoms with van der Waals surface area (Å²) in [6.07, 6.45) is 0.962. The monoisotopic (exact) mass is 256 g/mol. The molecule has 0 aromatic carbocycles. The number of ether oxygens (including phenoxy) is 1. The van der Waals surface area contributed by atoms with E-state index >= 15 is 0 Å². The fraction of sp³-hybridized carbons (Fsp3) is 0.667. The molecule has 96 valence electrons. The first-order valence-corrected chi connectivity index (χ1v) is 6.68. The maximum absolute atomic E-state index is 11.3. The van der Waals surface area contributed by atoms with Crippen LogP contribution in [-0.2, 0) is 22.5 Å². The van der Waals surface area contributed by atoms with Gasteiger partial charge in [-0.15, -0.1) is 11.3 Å². The summed E-state index contributed by atoms with van der Waals surface area (Å²) < 4.78 is 4.70. The van der Waals surface area contributed by atoms with Crippen molar-refractivity contribution in [3.05, 3.63) is 16.1 Å². The number of thiazole rings is 1. The van der Waals surface area contributed by atoms with Crippen LogP contribution in [0.1, 0.15) is 31.5 Å². The Bertz CT molecular complexity index is 363. The molecule has 0 radical (unpaired) electrons. The van der Waals surface area contributed by atoms with Crippen LogP contribution in [0.15, 0.2) is 5.38 Å². The molecule has 0 fully saturated rings. The molecule has 0 saturated heterocycles. The lowest BCUT2D eigenvalue weighted by Gasteiger charge is -2.24. The molecule has 1 rings (SSSR count). The van der Waals surface area contributed by atoms with Gasteiger partial charge in [-0.25, -0.2) is 4.98 Å². The third-order valence-electron chi connectivity index (χ3n) is 2.56. The molecule has 0 aliphatic heterocycles. The predicted molar refractivity (Wildman–Crippen MR) is 69.1 cm³/mol. The van der Waals surface area contributed by atoms with E-state index in [1.165, 1.54) is 7.11 Å². The van der Waals surface area contributed by atoms with Gasteiger partial charge in [0, 0.05) is 18.0 Å². The van der Waals surface area contributed by atoms with Gasteiger partial charge in [0.2, 0.25) is 0 Å². The first-order chi connectivity index (χ1) is 8.06. The summed E-state index contributed by atoms with van der Waals surface area (Å²) in [5, 5.41) is 3.20. The van der Waals surface area contributed by atoms with Gasteiger partial charge in [0.15, 0.2) is 0 Å². The number of aryl methyl sites for hydroxylation is 1. The Balaban J connectivity index is 2.63. The van der Waals surface area contributed by atoms with Crippen LogP contribution < -0.4 is 0 Å². The summed E-state index contributed by atoms with van der Waals surface area (Å²) in [5.41, 5.74) is 1.03. The van der Waals surface area contributed by atoms with Crippen LogP contribution in [0.4, 0.5) is 0 Å². The molecule has 0 spiro atoms. The number of aromatic nitrogens is 1. The quantitative estimate of drug-likeness (QED) is 0.731. The van der Waals surface area contributed by atoms with Crippen molar-refractivity contribution in [2.75, 3.05) is 13.7 Å². The molecular weight excluding hydrogens is 236 g/mol. The Morgan fingerprint density at radius 2 is 2.29 bits per heavy atom. The van der Waals surface area contributed by atoms with E-state index in [-0.39, 0.29) is 5.97 Å². The lowest BCUT2D eigenvalue weighted by atomic mass is 10.3. The number of methoxy groups -OCH3 is 1. The van der Waals surface area contributed by atoms with E-state index in [2.05, 4.69) is 36.0 Å². The van der Waals surface area contributed by atoms with Crippen LogP contribution in [0.25, 0.3) is 0 Å². The normalized spacial score (nSPS) is 11.2. The van der Waals surface area contributed by atoms with E-state index in [0.717, 1.165) is 17.1 Å². The fourth-order valence-corrected chi connectivity index (χ4v) is 2.18. The highest BCUT2D eigenvalue weighted by atomic mass is 32.1. The SMILES string of the molecule is CCc1nc(CN(CC(=O)OC)C(C)C)cs1. The summed E-state index contributed by atoms with van der Waals surface area (Å²) in [4.78, 5) is 17.9. The van der Waals surface area contributed by atoms with Crippen LogP contribution in [0, 0.1) is 0 Å². The average molecular weight is 256 g/mol. The fourth-order valence-electron chi connectivity index (χ4n) is 1.44. The highest BCUT2D eigenvalue weighted by Gasteiger charge is 2.16. The van der Waals surface area contributed by atoms with Crippen LogP contribution in [0.2, 0.25) is 0 Å². The Morgan fingerprint density at radius 1 is 1.59 bits per heavy atom. The number of carbonyl (C=O) groups is 1. The molecule has 0 atom stereocenters. The molecule has 1 heterocycles. The molecule has 0 aliphatic carbocycles. The zero-order valence-corrected chi connectivity index (χ0v) is 11.7. The van der Waals surface area contributed by atoms with Crippen molar-refractivity contribution in [2.45, 2.75) is 39.8 Å². The molecule has 0 saturated carbocycles. The van der Waals surface area contributed by atoms with Crippen molar-refractivity contribution < 1.29 is 9.53 Å². The highest BCUT2D eigenvalue weighted by molar-refractivity contribution is 7.09. The van der Waals surface area contributed by atoms with Gasteiger partial charge in [-0.2, -0.15) is 0 Å². The number of carbonyl (C=O) groups excluding carboxylic acids is 1. The van der Waals surface area contributed by atoms with Gasteiger partial charge in [-0.3, -0.25) is 9.69 Å². The van der Waals surface area contributed by atoms with Crippen molar-refractivity contribution in [1.29, 1.82) is 0 Å². The lowest BCUT2D eigenvalue weighted by Crippen LogP contribution is -2.35. The molecule has 0 aliphatic rings.